The van der Waals surface area contributed by atoms with Gasteiger partial charge in [0.05, 0.1) is 11.8 Å². The van der Waals surface area contributed by atoms with E-state index in [1.54, 1.807) is 27.7 Å². The van der Waals surface area contributed by atoms with E-state index in [2.05, 4.69) is 0 Å². The van der Waals surface area contributed by atoms with Crippen LogP contribution in [-0.2, 0) is 19.1 Å². The van der Waals surface area contributed by atoms with Crippen molar-refractivity contribution in [3.05, 3.63) is 0 Å². The molecule has 6 nitrogen and oxygen atoms in total. The van der Waals surface area contributed by atoms with E-state index in [1.807, 2.05) is 0 Å². The van der Waals surface area contributed by atoms with E-state index >= 15 is 0 Å². The minimum absolute atomic E-state index is 0.0755. The number of carbonyl (C=O) groups excluding carboxylic acids is 1. The van der Waals surface area contributed by atoms with E-state index in [9.17, 15) is 14.4 Å². The maximum Gasteiger partial charge on any atom is 0.313 e. The SMILES string of the molecule is CCC(COC(=O)C(C)(C)C)(CC(=O)O)C(=O)O. The Balaban J connectivity index is 4.87. The maximum atomic E-state index is 11.6. The van der Waals surface area contributed by atoms with Crippen LogP contribution in [0.15, 0.2) is 0 Å². The van der Waals surface area contributed by atoms with Crippen molar-refractivity contribution in [1.29, 1.82) is 0 Å². The summed E-state index contributed by atoms with van der Waals surface area (Å²) in [6.07, 6.45) is -0.498. The van der Waals surface area contributed by atoms with Crippen molar-refractivity contribution in [3.63, 3.8) is 0 Å². The van der Waals surface area contributed by atoms with Crippen LogP contribution in [-0.4, -0.2) is 34.7 Å². The Morgan fingerprint density at radius 3 is 1.89 bits per heavy atom. The molecule has 0 amide bonds. The smallest absolute Gasteiger partial charge is 0.313 e. The molecule has 0 saturated carbocycles. The summed E-state index contributed by atoms with van der Waals surface area (Å²) in [6, 6.07) is 0. The van der Waals surface area contributed by atoms with Crippen LogP contribution >= 0.6 is 0 Å². The van der Waals surface area contributed by atoms with Crippen molar-refractivity contribution in [2.24, 2.45) is 10.8 Å². The van der Waals surface area contributed by atoms with Crippen molar-refractivity contribution >= 4 is 17.9 Å². The van der Waals surface area contributed by atoms with Crippen LogP contribution in [0.2, 0.25) is 0 Å². The van der Waals surface area contributed by atoms with Gasteiger partial charge in [0.15, 0.2) is 0 Å². The number of rotatable bonds is 6. The normalized spacial score (nSPS) is 14.7. The maximum absolute atomic E-state index is 11.6. The van der Waals surface area contributed by atoms with E-state index < -0.39 is 41.8 Å². The predicted molar refractivity (Wildman–Crippen MR) is 63.0 cm³/mol. The van der Waals surface area contributed by atoms with Crippen molar-refractivity contribution < 1.29 is 29.3 Å². The summed E-state index contributed by atoms with van der Waals surface area (Å²) >= 11 is 0. The number of ether oxygens (including phenoxy) is 1. The van der Waals surface area contributed by atoms with Crippen molar-refractivity contribution in [2.75, 3.05) is 6.61 Å². The van der Waals surface area contributed by atoms with Gasteiger partial charge < -0.3 is 14.9 Å². The molecule has 0 aromatic heterocycles. The highest BCUT2D eigenvalue weighted by Crippen LogP contribution is 2.29. The molecule has 1 unspecified atom stereocenters. The predicted octanol–water partition coefficient (Wildman–Crippen LogP) is 1.53. The van der Waals surface area contributed by atoms with Crippen LogP contribution in [0.4, 0.5) is 0 Å². The number of esters is 1. The van der Waals surface area contributed by atoms with Gasteiger partial charge >= 0.3 is 17.9 Å². The van der Waals surface area contributed by atoms with E-state index in [0.717, 1.165) is 0 Å². The van der Waals surface area contributed by atoms with Gasteiger partial charge in [0, 0.05) is 0 Å². The Morgan fingerprint density at radius 1 is 1.11 bits per heavy atom. The second-order valence-electron chi connectivity index (χ2n) is 5.34. The van der Waals surface area contributed by atoms with Gasteiger partial charge in [0.1, 0.15) is 12.0 Å². The third kappa shape index (κ3) is 4.35. The molecule has 0 spiro atoms. The van der Waals surface area contributed by atoms with Gasteiger partial charge in [-0.15, -0.1) is 0 Å². The molecule has 0 aliphatic heterocycles. The third-order valence-corrected chi connectivity index (χ3v) is 2.71. The molecule has 0 saturated heterocycles. The second-order valence-corrected chi connectivity index (χ2v) is 5.34. The highest BCUT2D eigenvalue weighted by Gasteiger charge is 2.41. The fourth-order valence-electron chi connectivity index (χ4n) is 1.28. The van der Waals surface area contributed by atoms with Gasteiger partial charge in [-0.1, -0.05) is 6.92 Å². The number of hydrogen-bond acceptors (Lipinski definition) is 4. The molecule has 0 radical (unpaired) electrons. The molecule has 0 aromatic rings. The zero-order valence-electron chi connectivity index (χ0n) is 11.1. The van der Waals surface area contributed by atoms with Crippen LogP contribution in [0, 0.1) is 10.8 Å². The average Bonchev–Trinajstić information content (AvgIpc) is 2.21. The summed E-state index contributed by atoms with van der Waals surface area (Å²) in [5.41, 5.74) is -2.31. The molecule has 0 bridgehead atoms. The molecular weight excluding hydrogens is 240 g/mol. The summed E-state index contributed by atoms with van der Waals surface area (Å²) in [5, 5.41) is 17.9. The molecule has 0 heterocycles. The van der Waals surface area contributed by atoms with E-state index in [1.165, 1.54) is 0 Å². The van der Waals surface area contributed by atoms with Gasteiger partial charge in [0.2, 0.25) is 0 Å². The monoisotopic (exact) mass is 260 g/mol. The average molecular weight is 260 g/mol. The lowest BCUT2D eigenvalue weighted by atomic mass is 9.82. The standard InChI is InChI=1S/C12H20O6/c1-5-12(9(15)16,6-8(13)14)7-18-10(17)11(2,3)4/h5-7H2,1-4H3,(H,13,14)(H,15,16). The number of carboxylic acid groups (broad SMARTS) is 2. The first-order valence-corrected chi connectivity index (χ1v) is 5.67. The van der Waals surface area contributed by atoms with Crippen LogP contribution in [0.25, 0.3) is 0 Å². The second kappa shape index (κ2) is 5.84. The fraction of sp³-hybridized carbons (Fsp3) is 0.750. The van der Waals surface area contributed by atoms with Crippen molar-refractivity contribution in [3.8, 4) is 0 Å². The third-order valence-electron chi connectivity index (χ3n) is 2.71. The highest BCUT2D eigenvalue weighted by atomic mass is 16.5. The van der Waals surface area contributed by atoms with Gasteiger partial charge in [0.25, 0.3) is 0 Å². The topological polar surface area (TPSA) is 101 Å². The molecule has 0 fully saturated rings. The first kappa shape index (κ1) is 16.4. The van der Waals surface area contributed by atoms with Crippen molar-refractivity contribution in [1.82, 2.24) is 0 Å². The molecule has 0 rings (SSSR count). The molecule has 104 valence electrons. The molecule has 0 aliphatic rings. The largest absolute Gasteiger partial charge is 0.481 e. The Kier molecular flexibility index (Phi) is 5.32. The minimum atomic E-state index is -1.56. The number of carboxylic acids is 2. The number of aliphatic carboxylic acids is 2. The summed E-state index contributed by atoms with van der Waals surface area (Å²) in [4.78, 5) is 33.5. The summed E-state index contributed by atoms with van der Waals surface area (Å²) in [5.74, 6) is -3.05. The van der Waals surface area contributed by atoms with E-state index in [0.29, 0.717) is 0 Å². The molecule has 0 aliphatic carbocycles. The van der Waals surface area contributed by atoms with E-state index in [4.69, 9.17) is 14.9 Å². The van der Waals surface area contributed by atoms with Gasteiger partial charge in [-0.05, 0) is 27.2 Å². The molecule has 18 heavy (non-hydrogen) atoms. The summed E-state index contributed by atoms with van der Waals surface area (Å²) < 4.78 is 4.94. The molecule has 0 aromatic carbocycles. The van der Waals surface area contributed by atoms with E-state index in [-0.39, 0.29) is 6.42 Å². The van der Waals surface area contributed by atoms with Crippen LogP contribution in [0.1, 0.15) is 40.5 Å². The van der Waals surface area contributed by atoms with Crippen LogP contribution < -0.4 is 0 Å². The quantitative estimate of drug-likeness (QED) is 0.702. The lowest BCUT2D eigenvalue weighted by Crippen LogP contribution is -2.39. The molecule has 2 N–H and O–H groups in total. The first-order valence-electron chi connectivity index (χ1n) is 5.67. The first-order chi connectivity index (χ1) is 8.05. The Bertz CT molecular complexity index is 341. The lowest BCUT2D eigenvalue weighted by molar-refractivity contribution is -0.168. The van der Waals surface area contributed by atoms with Gasteiger partial charge in [-0.2, -0.15) is 0 Å². The van der Waals surface area contributed by atoms with Gasteiger partial charge in [-0.25, -0.2) is 0 Å². The lowest BCUT2D eigenvalue weighted by Gasteiger charge is -2.27. The Morgan fingerprint density at radius 2 is 1.61 bits per heavy atom. The minimum Gasteiger partial charge on any atom is -0.481 e. The molecule has 1 atom stereocenters. The zero-order valence-corrected chi connectivity index (χ0v) is 11.1. The Labute approximate surface area is 106 Å². The molecule has 6 heteroatoms. The number of hydrogen-bond donors (Lipinski definition) is 2. The Hall–Kier alpha value is -1.59. The zero-order chi connectivity index (χ0) is 14.6. The van der Waals surface area contributed by atoms with Crippen molar-refractivity contribution in [2.45, 2.75) is 40.5 Å². The fourth-order valence-corrected chi connectivity index (χ4v) is 1.28. The highest BCUT2D eigenvalue weighted by molar-refractivity contribution is 5.82. The van der Waals surface area contributed by atoms with Crippen LogP contribution in [0.3, 0.4) is 0 Å². The van der Waals surface area contributed by atoms with Gasteiger partial charge in [-0.3, -0.25) is 14.4 Å². The summed E-state index contributed by atoms with van der Waals surface area (Å²) in [7, 11) is 0. The number of carbonyl (C=O) groups is 3. The summed E-state index contributed by atoms with van der Waals surface area (Å²) in [6.45, 7) is 6.05. The molecular formula is C12H20O6. The van der Waals surface area contributed by atoms with Crippen LogP contribution in [0.5, 0.6) is 0 Å².